The van der Waals surface area contributed by atoms with Crippen LogP contribution in [0.1, 0.15) is 22.1 Å². The average Bonchev–Trinajstić information content (AvgIpc) is 2.73. The number of alkyl halides is 3. The number of halogens is 5. The number of benzene rings is 1. The Labute approximate surface area is 117 Å². The van der Waals surface area contributed by atoms with Gasteiger partial charge in [0.25, 0.3) is 0 Å². The minimum Gasteiger partial charge on any atom is -0.383 e. The fourth-order valence-corrected chi connectivity index (χ4v) is 2.99. The monoisotopic (exact) mass is 355 g/mol. The van der Waals surface area contributed by atoms with Gasteiger partial charge in [0.05, 0.1) is 16.0 Å². The standard InChI is InChI=1S/C11H6BrF4NOS/c12-10-9(19-4-17-10)8(18)6-2-1-5(13)3-7(6)11(14,15)16/h1-4,8,18H. The van der Waals surface area contributed by atoms with Crippen LogP contribution in [0.4, 0.5) is 17.6 Å². The van der Waals surface area contributed by atoms with E-state index in [-0.39, 0.29) is 9.48 Å². The maximum absolute atomic E-state index is 13.0. The number of hydrogen-bond acceptors (Lipinski definition) is 3. The highest BCUT2D eigenvalue weighted by atomic mass is 79.9. The smallest absolute Gasteiger partial charge is 0.383 e. The third-order valence-electron chi connectivity index (χ3n) is 2.41. The molecule has 19 heavy (non-hydrogen) atoms. The summed E-state index contributed by atoms with van der Waals surface area (Å²) in [6.45, 7) is 0. The Bertz CT molecular complexity index is 599. The summed E-state index contributed by atoms with van der Waals surface area (Å²) in [5.74, 6) is -1.01. The van der Waals surface area contributed by atoms with Crippen molar-refractivity contribution in [2.45, 2.75) is 12.3 Å². The second kappa shape index (κ2) is 5.18. The zero-order chi connectivity index (χ0) is 14.2. The Kier molecular flexibility index (Phi) is 3.93. The molecule has 0 saturated carbocycles. The highest BCUT2D eigenvalue weighted by molar-refractivity contribution is 9.10. The summed E-state index contributed by atoms with van der Waals surface area (Å²) in [7, 11) is 0. The minimum atomic E-state index is -4.74. The topological polar surface area (TPSA) is 33.1 Å². The summed E-state index contributed by atoms with van der Waals surface area (Å²) in [5.41, 5.74) is -0.210. The average molecular weight is 356 g/mol. The predicted molar refractivity (Wildman–Crippen MR) is 65.3 cm³/mol. The van der Waals surface area contributed by atoms with Crippen LogP contribution in [0.3, 0.4) is 0 Å². The molecule has 0 aliphatic carbocycles. The number of aliphatic hydroxyl groups is 1. The van der Waals surface area contributed by atoms with Gasteiger partial charge in [-0.1, -0.05) is 6.07 Å². The summed E-state index contributed by atoms with van der Waals surface area (Å²) in [4.78, 5) is 4.03. The van der Waals surface area contributed by atoms with E-state index in [0.29, 0.717) is 6.07 Å². The number of aliphatic hydroxyl groups excluding tert-OH is 1. The Morgan fingerprint density at radius 3 is 2.53 bits per heavy atom. The van der Waals surface area contributed by atoms with Crippen LogP contribution in [0.25, 0.3) is 0 Å². The number of rotatable bonds is 2. The van der Waals surface area contributed by atoms with Crippen LogP contribution >= 0.6 is 27.3 Å². The molecule has 1 aromatic heterocycles. The molecular weight excluding hydrogens is 350 g/mol. The van der Waals surface area contributed by atoms with Crippen LogP contribution in [-0.4, -0.2) is 10.1 Å². The molecule has 1 N–H and O–H groups in total. The molecule has 1 unspecified atom stereocenters. The van der Waals surface area contributed by atoms with Crippen LogP contribution in [0, 0.1) is 5.82 Å². The normalized spacial score (nSPS) is 13.6. The largest absolute Gasteiger partial charge is 0.416 e. The molecule has 2 rings (SSSR count). The van der Waals surface area contributed by atoms with Gasteiger partial charge in [-0.25, -0.2) is 9.37 Å². The van der Waals surface area contributed by atoms with Crippen molar-refractivity contribution in [2.75, 3.05) is 0 Å². The Morgan fingerprint density at radius 1 is 1.32 bits per heavy atom. The summed E-state index contributed by atoms with van der Waals surface area (Å²) in [6.07, 6.45) is -6.26. The molecular formula is C11H6BrF4NOS. The molecule has 0 aliphatic rings. The maximum Gasteiger partial charge on any atom is 0.416 e. The Balaban J connectivity index is 2.54. The third kappa shape index (κ3) is 2.96. The lowest BCUT2D eigenvalue weighted by atomic mass is 10.0. The first-order valence-corrected chi connectivity index (χ1v) is 6.61. The first-order valence-electron chi connectivity index (χ1n) is 4.94. The quantitative estimate of drug-likeness (QED) is 0.821. The second-order valence-corrected chi connectivity index (χ2v) is 5.28. The second-order valence-electron chi connectivity index (χ2n) is 3.64. The zero-order valence-electron chi connectivity index (χ0n) is 9.08. The van der Waals surface area contributed by atoms with Gasteiger partial charge in [-0.15, -0.1) is 11.3 Å². The van der Waals surface area contributed by atoms with Gasteiger partial charge >= 0.3 is 6.18 Å². The fourth-order valence-electron chi connectivity index (χ4n) is 1.57. The van der Waals surface area contributed by atoms with Gasteiger partial charge in [-0.2, -0.15) is 13.2 Å². The van der Waals surface area contributed by atoms with E-state index in [1.165, 1.54) is 5.51 Å². The highest BCUT2D eigenvalue weighted by Gasteiger charge is 2.36. The van der Waals surface area contributed by atoms with E-state index in [2.05, 4.69) is 20.9 Å². The molecule has 0 radical (unpaired) electrons. The number of hydrogen-bond donors (Lipinski definition) is 1. The van der Waals surface area contributed by atoms with Crippen molar-refractivity contribution in [1.82, 2.24) is 4.98 Å². The summed E-state index contributed by atoms with van der Waals surface area (Å²) in [6, 6.07) is 2.17. The molecule has 1 aromatic carbocycles. The third-order valence-corrected chi connectivity index (χ3v) is 4.19. The molecule has 8 heteroatoms. The SMILES string of the molecule is OC(c1ccc(F)cc1C(F)(F)F)c1scnc1Br. The van der Waals surface area contributed by atoms with E-state index in [1.54, 1.807) is 0 Å². The Morgan fingerprint density at radius 2 is 2.00 bits per heavy atom. The van der Waals surface area contributed by atoms with Crippen molar-refractivity contribution in [2.24, 2.45) is 0 Å². The molecule has 1 atom stereocenters. The number of aromatic nitrogens is 1. The molecule has 1 heterocycles. The van der Waals surface area contributed by atoms with Crippen molar-refractivity contribution >= 4 is 27.3 Å². The van der Waals surface area contributed by atoms with E-state index in [9.17, 15) is 22.7 Å². The van der Waals surface area contributed by atoms with Crippen molar-refractivity contribution in [3.63, 3.8) is 0 Å². The lowest BCUT2D eigenvalue weighted by molar-refractivity contribution is -0.139. The van der Waals surface area contributed by atoms with Gasteiger partial charge < -0.3 is 5.11 Å². The van der Waals surface area contributed by atoms with Crippen LogP contribution < -0.4 is 0 Å². The molecule has 0 fully saturated rings. The molecule has 102 valence electrons. The zero-order valence-corrected chi connectivity index (χ0v) is 11.5. The van der Waals surface area contributed by atoms with Crippen LogP contribution in [-0.2, 0) is 6.18 Å². The lowest BCUT2D eigenvalue weighted by Gasteiger charge is -2.16. The first-order chi connectivity index (χ1) is 8.80. The van der Waals surface area contributed by atoms with E-state index >= 15 is 0 Å². The molecule has 0 aliphatic heterocycles. The highest BCUT2D eigenvalue weighted by Crippen LogP contribution is 2.39. The van der Waals surface area contributed by atoms with Gasteiger partial charge in [-0.05, 0) is 33.6 Å². The van der Waals surface area contributed by atoms with E-state index in [1.807, 2.05) is 0 Å². The number of thiazole rings is 1. The van der Waals surface area contributed by atoms with E-state index in [0.717, 1.165) is 23.5 Å². The molecule has 2 nitrogen and oxygen atoms in total. The summed E-state index contributed by atoms with van der Waals surface area (Å²) >= 11 is 4.04. The molecule has 0 saturated heterocycles. The van der Waals surface area contributed by atoms with Crippen molar-refractivity contribution in [3.8, 4) is 0 Å². The fraction of sp³-hybridized carbons (Fsp3) is 0.182. The van der Waals surface area contributed by atoms with Crippen LogP contribution in [0.15, 0.2) is 28.3 Å². The van der Waals surface area contributed by atoms with Crippen LogP contribution in [0.2, 0.25) is 0 Å². The summed E-state index contributed by atoms with van der Waals surface area (Å²) < 4.78 is 51.7. The van der Waals surface area contributed by atoms with Gasteiger partial charge in [-0.3, -0.25) is 0 Å². The van der Waals surface area contributed by atoms with Crippen LogP contribution in [0.5, 0.6) is 0 Å². The van der Waals surface area contributed by atoms with Gasteiger partial charge in [0.15, 0.2) is 0 Å². The van der Waals surface area contributed by atoms with Gasteiger partial charge in [0, 0.05) is 0 Å². The minimum absolute atomic E-state index is 0.233. The lowest BCUT2D eigenvalue weighted by Crippen LogP contribution is -2.13. The first kappa shape index (κ1) is 14.4. The predicted octanol–water partition coefficient (Wildman–Crippen LogP) is 4.15. The van der Waals surface area contributed by atoms with E-state index < -0.39 is 29.2 Å². The number of nitrogens with zero attached hydrogens (tertiary/aromatic N) is 1. The molecule has 0 bridgehead atoms. The van der Waals surface area contributed by atoms with Gasteiger partial charge in [0.1, 0.15) is 16.5 Å². The summed E-state index contributed by atoms with van der Waals surface area (Å²) in [5, 5.41) is 10.0. The molecule has 0 amide bonds. The molecule has 2 aromatic rings. The van der Waals surface area contributed by atoms with Crippen molar-refractivity contribution < 1.29 is 22.7 Å². The van der Waals surface area contributed by atoms with Crippen molar-refractivity contribution in [3.05, 3.63) is 50.1 Å². The van der Waals surface area contributed by atoms with E-state index in [4.69, 9.17) is 0 Å². The van der Waals surface area contributed by atoms with Gasteiger partial charge in [0.2, 0.25) is 0 Å². The maximum atomic E-state index is 13.0. The molecule has 0 spiro atoms. The van der Waals surface area contributed by atoms with Crippen molar-refractivity contribution in [1.29, 1.82) is 0 Å². The Hall–Kier alpha value is -0.990.